The van der Waals surface area contributed by atoms with Crippen LogP contribution in [0.4, 0.5) is 14.5 Å². The van der Waals surface area contributed by atoms with Crippen LogP contribution in [0, 0.1) is 11.6 Å². The molecule has 0 bridgehead atoms. The highest BCUT2D eigenvalue weighted by atomic mass is 79.9. The average Bonchev–Trinajstić information content (AvgIpc) is 2.54. The van der Waals surface area contributed by atoms with Crippen molar-refractivity contribution in [1.82, 2.24) is 10.9 Å². The van der Waals surface area contributed by atoms with Crippen molar-refractivity contribution >= 4 is 44.9 Å². The zero-order chi connectivity index (χ0) is 17.5. The summed E-state index contributed by atoms with van der Waals surface area (Å²) in [6, 6.07) is 9.79. The van der Waals surface area contributed by atoms with Gasteiger partial charge in [-0.25, -0.2) is 8.78 Å². The molecule has 0 aliphatic heterocycles. The Morgan fingerprint density at radius 1 is 1.17 bits per heavy atom. The molecule has 2 aromatic carbocycles. The molecular weight excluding hydrogens is 404 g/mol. The van der Waals surface area contributed by atoms with Gasteiger partial charge in [0.15, 0.2) is 11.7 Å². The Kier molecular flexibility index (Phi) is 6.44. The molecule has 9 heteroatoms. The first-order chi connectivity index (χ1) is 11.5. The first-order valence-electron chi connectivity index (χ1n) is 6.64. The number of anilines is 1. The van der Waals surface area contributed by atoms with Gasteiger partial charge in [0.2, 0.25) is 0 Å². The van der Waals surface area contributed by atoms with Gasteiger partial charge in [0, 0.05) is 0 Å². The first kappa shape index (κ1) is 18.1. The molecule has 2 rings (SSSR count). The minimum Gasteiger partial charge on any atom is -0.483 e. The number of rotatable bonds is 4. The van der Waals surface area contributed by atoms with Gasteiger partial charge in [-0.05, 0) is 58.5 Å². The lowest BCUT2D eigenvalue weighted by Crippen LogP contribution is -2.45. The van der Waals surface area contributed by atoms with E-state index in [0.29, 0.717) is 10.2 Å². The molecule has 0 heterocycles. The van der Waals surface area contributed by atoms with Gasteiger partial charge in [0.1, 0.15) is 17.4 Å². The van der Waals surface area contributed by atoms with Crippen molar-refractivity contribution in [2.75, 3.05) is 11.9 Å². The predicted molar refractivity (Wildman–Crippen MR) is 93.5 cm³/mol. The molecule has 126 valence electrons. The maximum atomic E-state index is 13.4. The van der Waals surface area contributed by atoms with Gasteiger partial charge in [0.05, 0.1) is 10.2 Å². The maximum absolute atomic E-state index is 13.4. The molecule has 0 aromatic heterocycles. The lowest BCUT2D eigenvalue weighted by atomic mass is 10.3. The number of hydrazine groups is 1. The summed E-state index contributed by atoms with van der Waals surface area (Å²) in [6.45, 7) is -0.320. The molecule has 24 heavy (non-hydrogen) atoms. The Morgan fingerprint density at radius 2 is 1.92 bits per heavy atom. The smallest absolute Gasteiger partial charge is 0.276 e. The fraction of sp³-hybridized carbons (Fsp3) is 0.0667. The Labute approximate surface area is 150 Å². The number of para-hydroxylation sites is 1. The van der Waals surface area contributed by atoms with Crippen LogP contribution < -0.4 is 20.9 Å². The van der Waals surface area contributed by atoms with Gasteiger partial charge >= 0.3 is 0 Å². The maximum Gasteiger partial charge on any atom is 0.276 e. The fourth-order valence-corrected chi connectivity index (χ4v) is 2.24. The molecule has 0 unspecified atom stereocenters. The molecule has 0 aliphatic carbocycles. The van der Waals surface area contributed by atoms with Crippen LogP contribution in [0.25, 0.3) is 0 Å². The average molecular weight is 416 g/mol. The summed E-state index contributed by atoms with van der Waals surface area (Å²) >= 11 is 8.06. The van der Waals surface area contributed by atoms with Crippen LogP contribution in [0.5, 0.6) is 5.75 Å². The summed E-state index contributed by atoms with van der Waals surface area (Å²) in [6.07, 6.45) is 0. The lowest BCUT2D eigenvalue weighted by Gasteiger charge is -2.13. The van der Waals surface area contributed by atoms with E-state index in [1.165, 1.54) is 30.3 Å². The van der Waals surface area contributed by atoms with E-state index in [4.69, 9.17) is 17.0 Å². The summed E-state index contributed by atoms with van der Waals surface area (Å²) in [5.74, 6) is -1.11. The van der Waals surface area contributed by atoms with Crippen LogP contribution in [-0.4, -0.2) is 17.6 Å². The second-order valence-corrected chi connectivity index (χ2v) is 5.73. The van der Waals surface area contributed by atoms with Gasteiger partial charge in [-0.3, -0.25) is 15.6 Å². The van der Waals surface area contributed by atoms with E-state index in [1.54, 1.807) is 12.1 Å². The van der Waals surface area contributed by atoms with E-state index in [9.17, 15) is 13.6 Å². The zero-order valence-electron chi connectivity index (χ0n) is 12.1. The molecule has 1 amide bonds. The molecule has 0 fully saturated rings. The molecule has 5 nitrogen and oxygen atoms in total. The van der Waals surface area contributed by atoms with Crippen molar-refractivity contribution in [1.29, 1.82) is 0 Å². The Hall–Kier alpha value is -2.26. The number of hydrogen-bond acceptors (Lipinski definition) is 3. The van der Waals surface area contributed by atoms with Crippen LogP contribution in [0.3, 0.4) is 0 Å². The predicted octanol–water partition coefficient (Wildman–Crippen LogP) is 3.12. The monoisotopic (exact) mass is 415 g/mol. The minimum absolute atomic E-state index is 0.0106. The third-order valence-electron chi connectivity index (χ3n) is 2.69. The van der Waals surface area contributed by atoms with Gasteiger partial charge in [0.25, 0.3) is 5.91 Å². The van der Waals surface area contributed by atoms with E-state index < -0.39 is 17.5 Å². The highest BCUT2D eigenvalue weighted by molar-refractivity contribution is 9.10. The number of halogens is 3. The van der Waals surface area contributed by atoms with E-state index in [-0.39, 0.29) is 17.4 Å². The number of hydrogen-bond donors (Lipinski definition) is 3. The Morgan fingerprint density at radius 3 is 2.62 bits per heavy atom. The summed E-state index contributed by atoms with van der Waals surface area (Å²) in [7, 11) is 0. The van der Waals surface area contributed by atoms with Gasteiger partial charge < -0.3 is 10.1 Å². The van der Waals surface area contributed by atoms with E-state index >= 15 is 0 Å². The third-order valence-corrected chi connectivity index (χ3v) is 3.51. The molecule has 0 atom stereocenters. The first-order valence-corrected chi connectivity index (χ1v) is 7.84. The standard InChI is InChI=1S/C15H12BrF2N3O2S/c16-10-7-9(17)5-6-13(10)23-8-14(22)20-21-15(24)19-12-4-2-1-3-11(12)18/h1-7H,8H2,(H,20,22)(H2,19,21,24). The summed E-state index contributed by atoms with van der Waals surface area (Å²) in [4.78, 5) is 11.7. The van der Waals surface area contributed by atoms with Crippen molar-refractivity contribution in [3.63, 3.8) is 0 Å². The molecule has 0 saturated heterocycles. The van der Waals surface area contributed by atoms with Crippen LogP contribution in [-0.2, 0) is 4.79 Å². The number of carbonyl (C=O) groups is 1. The van der Waals surface area contributed by atoms with E-state index in [0.717, 1.165) is 0 Å². The molecule has 0 radical (unpaired) electrons. The van der Waals surface area contributed by atoms with Crippen molar-refractivity contribution in [3.05, 3.63) is 58.6 Å². The molecular formula is C15H12BrF2N3O2S. The topological polar surface area (TPSA) is 62.4 Å². The summed E-state index contributed by atoms with van der Waals surface area (Å²) < 4.78 is 32.0. The van der Waals surface area contributed by atoms with Gasteiger partial charge in [-0.15, -0.1) is 0 Å². The third kappa shape index (κ3) is 5.43. The second kappa shape index (κ2) is 8.55. The quantitative estimate of drug-likeness (QED) is 0.528. The van der Waals surface area contributed by atoms with Crippen molar-refractivity contribution in [3.8, 4) is 5.75 Å². The number of nitrogens with one attached hydrogen (secondary N) is 3. The molecule has 3 N–H and O–H groups in total. The molecule has 0 aliphatic rings. The highest BCUT2D eigenvalue weighted by Gasteiger charge is 2.08. The van der Waals surface area contributed by atoms with Gasteiger partial charge in [-0.2, -0.15) is 0 Å². The van der Waals surface area contributed by atoms with Crippen LogP contribution in [0.2, 0.25) is 0 Å². The fourth-order valence-electron chi connectivity index (χ4n) is 1.61. The number of ether oxygens (including phenoxy) is 1. The number of carbonyl (C=O) groups excluding carboxylic acids is 1. The van der Waals surface area contributed by atoms with Crippen molar-refractivity contribution in [2.24, 2.45) is 0 Å². The number of thiocarbonyl (C=S) groups is 1. The zero-order valence-corrected chi connectivity index (χ0v) is 14.5. The second-order valence-electron chi connectivity index (χ2n) is 4.47. The summed E-state index contributed by atoms with van der Waals surface area (Å²) in [5.41, 5.74) is 4.89. The van der Waals surface area contributed by atoms with Crippen LogP contribution in [0.1, 0.15) is 0 Å². The molecule has 2 aromatic rings. The SMILES string of the molecule is O=C(COc1ccc(F)cc1Br)NNC(=S)Nc1ccccc1F. The summed E-state index contributed by atoms with van der Waals surface area (Å²) in [5, 5.41) is 2.61. The number of amides is 1. The van der Waals surface area contributed by atoms with Crippen molar-refractivity contribution < 1.29 is 18.3 Å². The van der Waals surface area contributed by atoms with Gasteiger partial charge in [-0.1, -0.05) is 12.1 Å². The lowest BCUT2D eigenvalue weighted by molar-refractivity contribution is -0.123. The van der Waals surface area contributed by atoms with E-state index in [1.807, 2.05) is 0 Å². The van der Waals surface area contributed by atoms with Crippen LogP contribution >= 0.6 is 28.1 Å². The van der Waals surface area contributed by atoms with E-state index in [2.05, 4.69) is 32.1 Å². The Balaban J connectivity index is 1.76. The van der Waals surface area contributed by atoms with Crippen LogP contribution in [0.15, 0.2) is 46.9 Å². The van der Waals surface area contributed by atoms with Crippen molar-refractivity contribution in [2.45, 2.75) is 0 Å². The Bertz CT molecular complexity index is 761. The molecule has 0 spiro atoms. The molecule has 0 saturated carbocycles. The minimum atomic E-state index is -0.524. The largest absolute Gasteiger partial charge is 0.483 e. The highest BCUT2D eigenvalue weighted by Crippen LogP contribution is 2.25. The number of benzene rings is 2. The normalized spacial score (nSPS) is 9.96.